The van der Waals surface area contributed by atoms with Crippen molar-refractivity contribution in [2.24, 2.45) is 16.4 Å². The normalized spacial score (nSPS) is 19.3. The van der Waals surface area contributed by atoms with Gasteiger partial charge in [-0.15, -0.1) is 0 Å². The van der Waals surface area contributed by atoms with Crippen molar-refractivity contribution in [3.05, 3.63) is 76.4 Å². The van der Waals surface area contributed by atoms with Gasteiger partial charge in [-0.25, -0.2) is 0 Å². The summed E-state index contributed by atoms with van der Waals surface area (Å²) in [7, 11) is -3.83. The summed E-state index contributed by atoms with van der Waals surface area (Å²) in [5.41, 5.74) is 6.28. The van der Waals surface area contributed by atoms with Gasteiger partial charge in [0, 0.05) is 5.92 Å². The number of sulfonamides is 1. The van der Waals surface area contributed by atoms with E-state index in [1.807, 2.05) is 58.1 Å². The maximum Gasteiger partial charge on any atom is 0.277 e. The first-order valence-electron chi connectivity index (χ1n) is 14.0. The van der Waals surface area contributed by atoms with Gasteiger partial charge in [0.2, 0.25) is 0 Å². The number of hydrogen-bond donors (Lipinski definition) is 1. The van der Waals surface area contributed by atoms with Gasteiger partial charge in [-0.3, -0.25) is 0 Å². The summed E-state index contributed by atoms with van der Waals surface area (Å²) in [4.78, 5) is 2.87. The fraction of sp³-hybridized carbons (Fsp3) is 0.545. The van der Waals surface area contributed by atoms with Crippen molar-refractivity contribution in [3.8, 4) is 0 Å². The quantitative estimate of drug-likeness (QED) is 0.140. The molecule has 0 fully saturated rings. The smallest absolute Gasteiger partial charge is 0.200 e. The number of rotatable bonds is 10. The van der Waals surface area contributed by atoms with Crippen molar-refractivity contribution in [1.82, 2.24) is 4.83 Å². The Hall–Kier alpha value is -2.40. The molecule has 0 heterocycles. The Balaban J connectivity index is 2.24. The van der Waals surface area contributed by atoms with Gasteiger partial charge in [-0.1, -0.05) is 109 Å². The number of nitrogens with one attached hydrogen (secondary N) is 1. The third-order valence-corrected chi connectivity index (χ3v) is 8.87. The molecule has 5 heteroatoms. The highest BCUT2D eigenvalue weighted by Crippen LogP contribution is 2.41. The summed E-state index contributed by atoms with van der Waals surface area (Å²) in [6.45, 7) is 23.2. The lowest BCUT2D eigenvalue weighted by Crippen LogP contribution is -2.26. The second-order valence-electron chi connectivity index (χ2n) is 12.4. The van der Waals surface area contributed by atoms with E-state index in [4.69, 9.17) is 0 Å². The fourth-order valence-electron chi connectivity index (χ4n) is 5.04. The SMILES string of the molecule is CC1=CCCC(C)(C)C1/C=C/C(C)=C/C=C/C(C)=N/NS(=O)(=O)c1c(C(C)C)cc(C(C)C)cc1C(C)C. The highest BCUT2D eigenvalue weighted by Gasteiger charge is 2.30. The summed E-state index contributed by atoms with van der Waals surface area (Å²) in [6, 6.07) is 4.08. The van der Waals surface area contributed by atoms with E-state index in [0.717, 1.165) is 28.7 Å². The zero-order valence-corrected chi connectivity index (χ0v) is 26.3. The highest BCUT2D eigenvalue weighted by atomic mass is 32.2. The van der Waals surface area contributed by atoms with Gasteiger partial charge in [0.1, 0.15) is 0 Å². The lowest BCUT2D eigenvalue weighted by atomic mass is 9.68. The molecular formula is C33H50N2O2S. The van der Waals surface area contributed by atoms with Gasteiger partial charge < -0.3 is 0 Å². The molecule has 1 aliphatic rings. The van der Waals surface area contributed by atoms with Crippen molar-refractivity contribution >= 4 is 15.7 Å². The molecule has 1 N–H and O–H groups in total. The molecule has 0 amide bonds. The Morgan fingerprint density at radius 3 is 2.08 bits per heavy atom. The van der Waals surface area contributed by atoms with E-state index < -0.39 is 10.0 Å². The molecule has 1 atom stereocenters. The van der Waals surface area contributed by atoms with Crippen LogP contribution in [0, 0.1) is 11.3 Å². The highest BCUT2D eigenvalue weighted by molar-refractivity contribution is 7.89. The first kappa shape index (κ1) is 31.8. The Morgan fingerprint density at radius 1 is 1.00 bits per heavy atom. The van der Waals surface area contributed by atoms with Gasteiger partial charge in [0.15, 0.2) is 0 Å². The Bertz CT molecular complexity index is 1210. The Morgan fingerprint density at radius 2 is 1.58 bits per heavy atom. The van der Waals surface area contributed by atoms with Crippen LogP contribution in [0.1, 0.15) is 123 Å². The van der Waals surface area contributed by atoms with Crippen LogP contribution in [0.3, 0.4) is 0 Å². The molecule has 1 aromatic rings. The molecule has 4 nitrogen and oxygen atoms in total. The Kier molecular flexibility index (Phi) is 11.0. The molecule has 1 aliphatic carbocycles. The number of allylic oxidation sites excluding steroid dienone is 8. The van der Waals surface area contributed by atoms with Crippen LogP contribution in [0.15, 0.2) is 69.7 Å². The number of nitrogens with zero attached hydrogens (tertiary/aromatic N) is 1. The van der Waals surface area contributed by atoms with E-state index in [1.54, 1.807) is 6.92 Å². The van der Waals surface area contributed by atoms with Gasteiger partial charge in [0.25, 0.3) is 10.0 Å². The Labute approximate surface area is 233 Å². The lowest BCUT2D eigenvalue weighted by molar-refractivity contribution is 0.255. The maximum absolute atomic E-state index is 13.5. The van der Waals surface area contributed by atoms with Gasteiger partial charge in [-0.2, -0.15) is 18.4 Å². The summed E-state index contributed by atoms with van der Waals surface area (Å²) in [6.07, 6.45) is 15.0. The molecule has 210 valence electrons. The summed E-state index contributed by atoms with van der Waals surface area (Å²) < 4.78 is 27.0. The van der Waals surface area contributed by atoms with Crippen molar-refractivity contribution in [2.75, 3.05) is 0 Å². The van der Waals surface area contributed by atoms with Crippen LogP contribution in [0.5, 0.6) is 0 Å². The van der Waals surface area contributed by atoms with Crippen LogP contribution in [-0.4, -0.2) is 14.1 Å². The number of hydrogen-bond acceptors (Lipinski definition) is 3. The summed E-state index contributed by atoms with van der Waals surface area (Å²) in [5.74, 6) is 0.910. The van der Waals surface area contributed by atoms with Crippen LogP contribution in [-0.2, 0) is 10.0 Å². The third kappa shape index (κ3) is 8.30. The van der Waals surface area contributed by atoms with E-state index in [1.165, 1.54) is 12.0 Å². The van der Waals surface area contributed by atoms with Crippen LogP contribution >= 0.6 is 0 Å². The fourth-order valence-corrected chi connectivity index (χ4v) is 6.61. The molecule has 0 saturated carbocycles. The van der Waals surface area contributed by atoms with Crippen molar-refractivity contribution < 1.29 is 8.42 Å². The molecule has 0 saturated heterocycles. The van der Waals surface area contributed by atoms with E-state index in [0.29, 0.717) is 22.4 Å². The molecule has 2 rings (SSSR count). The maximum atomic E-state index is 13.5. The molecular weight excluding hydrogens is 488 g/mol. The topological polar surface area (TPSA) is 58.5 Å². The molecule has 0 radical (unpaired) electrons. The van der Waals surface area contributed by atoms with Crippen LogP contribution in [0.2, 0.25) is 0 Å². The van der Waals surface area contributed by atoms with E-state index in [-0.39, 0.29) is 17.3 Å². The standard InChI is InChI=1S/C33H50N2O2S/c1-22(2)28-20-29(23(3)4)32(30(21-28)24(5)6)38(36,37)35-34-27(9)16-12-14-25(7)17-18-31-26(8)15-13-19-33(31,10)11/h12,14-18,20-24,31,35H,13,19H2,1-11H3/b16-12+,18-17+,25-14+,34-27+. The van der Waals surface area contributed by atoms with Gasteiger partial charge in [-0.05, 0) is 79.5 Å². The molecule has 0 bridgehead atoms. The van der Waals surface area contributed by atoms with E-state index >= 15 is 0 Å². The third-order valence-electron chi connectivity index (χ3n) is 7.53. The minimum absolute atomic E-state index is 0.0716. The van der Waals surface area contributed by atoms with Crippen LogP contribution in [0.4, 0.5) is 0 Å². The summed E-state index contributed by atoms with van der Waals surface area (Å²) >= 11 is 0. The minimum Gasteiger partial charge on any atom is -0.200 e. The second kappa shape index (κ2) is 13.1. The average molecular weight is 539 g/mol. The summed E-state index contributed by atoms with van der Waals surface area (Å²) in [5, 5.41) is 4.21. The molecule has 1 aromatic carbocycles. The first-order chi connectivity index (χ1) is 17.6. The van der Waals surface area contributed by atoms with Crippen LogP contribution in [0.25, 0.3) is 0 Å². The number of benzene rings is 1. The zero-order valence-electron chi connectivity index (χ0n) is 25.5. The van der Waals surface area contributed by atoms with Gasteiger partial charge in [0.05, 0.1) is 10.6 Å². The van der Waals surface area contributed by atoms with Crippen molar-refractivity contribution in [2.45, 2.75) is 112 Å². The van der Waals surface area contributed by atoms with E-state index in [9.17, 15) is 8.42 Å². The molecule has 38 heavy (non-hydrogen) atoms. The van der Waals surface area contributed by atoms with Gasteiger partial charge >= 0.3 is 0 Å². The predicted octanol–water partition coefficient (Wildman–Crippen LogP) is 9.15. The minimum atomic E-state index is -3.83. The molecule has 0 aromatic heterocycles. The van der Waals surface area contributed by atoms with Crippen molar-refractivity contribution in [1.29, 1.82) is 0 Å². The monoisotopic (exact) mass is 538 g/mol. The first-order valence-corrected chi connectivity index (χ1v) is 15.5. The molecule has 0 spiro atoms. The lowest BCUT2D eigenvalue weighted by Gasteiger charge is -2.36. The predicted molar refractivity (Wildman–Crippen MR) is 164 cm³/mol. The second-order valence-corrected chi connectivity index (χ2v) is 14.0. The average Bonchev–Trinajstić information content (AvgIpc) is 2.81. The van der Waals surface area contributed by atoms with E-state index in [2.05, 4.69) is 69.7 Å². The number of hydrazone groups is 1. The van der Waals surface area contributed by atoms with Crippen molar-refractivity contribution in [3.63, 3.8) is 0 Å². The largest absolute Gasteiger partial charge is 0.277 e. The zero-order chi connectivity index (χ0) is 28.8. The van der Waals surface area contributed by atoms with Crippen LogP contribution < -0.4 is 4.83 Å². The molecule has 0 aliphatic heterocycles. The molecule has 1 unspecified atom stereocenters.